The molecular weight excluding hydrogens is 338 g/mol. The van der Waals surface area contributed by atoms with Gasteiger partial charge in [-0.2, -0.15) is 0 Å². The molecule has 0 fully saturated rings. The van der Waals surface area contributed by atoms with E-state index in [2.05, 4.69) is 9.39 Å². The van der Waals surface area contributed by atoms with Crippen LogP contribution in [-0.4, -0.2) is 26.6 Å². The number of rotatable bonds is 3. The third-order valence-electron chi connectivity index (χ3n) is 3.11. The number of dihydropyridines is 1. The van der Waals surface area contributed by atoms with Gasteiger partial charge in [-0.3, -0.25) is 4.99 Å². The summed E-state index contributed by atoms with van der Waals surface area (Å²) in [4.78, 5) is 4.50. The molecule has 23 heavy (non-hydrogen) atoms. The predicted molar refractivity (Wildman–Crippen MR) is 94.8 cm³/mol. The minimum atomic E-state index is -1.58. The number of halogens is 2. The van der Waals surface area contributed by atoms with Gasteiger partial charge in [-0.1, -0.05) is 16.6 Å². The monoisotopic (exact) mass is 354 g/mol. The highest BCUT2D eigenvalue weighted by Gasteiger charge is 2.28. The molecule has 7 heteroatoms. The third kappa shape index (κ3) is 4.10. The van der Waals surface area contributed by atoms with Crippen molar-refractivity contribution < 1.29 is 13.3 Å². The average molecular weight is 354 g/mol. The van der Waals surface area contributed by atoms with Crippen LogP contribution in [0.1, 0.15) is 37.9 Å². The van der Waals surface area contributed by atoms with E-state index in [0.29, 0.717) is 4.86 Å². The lowest BCUT2D eigenvalue weighted by Crippen LogP contribution is -2.26. The molecule has 1 heterocycles. The summed E-state index contributed by atoms with van der Waals surface area (Å²) in [5, 5.41) is 0. The number of thiocarbonyl (C=S) groups is 1. The number of nitrogens with zero attached hydrogens (tertiary/aromatic N) is 2. The van der Waals surface area contributed by atoms with E-state index < -0.39 is 33.8 Å². The Morgan fingerprint density at radius 3 is 2.57 bits per heavy atom. The number of allylic oxidation sites excluding steroid dienone is 1. The van der Waals surface area contributed by atoms with Gasteiger partial charge in [-0.15, -0.1) is 0 Å². The van der Waals surface area contributed by atoms with Gasteiger partial charge in [-0.25, -0.2) is 8.78 Å². The highest BCUT2D eigenvalue weighted by molar-refractivity contribution is 7.91. The summed E-state index contributed by atoms with van der Waals surface area (Å²) in [7, 11) is 0. The lowest BCUT2D eigenvalue weighted by atomic mass is 9.96. The Bertz CT molecular complexity index is 709. The summed E-state index contributed by atoms with van der Waals surface area (Å²) in [6, 6.07) is 1.24. The van der Waals surface area contributed by atoms with E-state index in [0.717, 1.165) is 18.3 Å². The zero-order valence-electron chi connectivity index (χ0n) is 12.9. The van der Waals surface area contributed by atoms with Crippen molar-refractivity contribution in [1.29, 1.82) is 0 Å². The van der Waals surface area contributed by atoms with Crippen LogP contribution in [0.25, 0.3) is 0 Å². The van der Waals surface area contributed by atoms with Crippen LogP contribution in [0.3, 0.4) is 0 Å². The van der Waals surface area contributed by atoms with E-state index in [1.54, 1.807) is 32.9 Å². The number of hydrogen-bond acceptors (Lipinski definition) is 4. The lowest BCUT2D eigenvalue weighted by Gasteiger charge is -2.19. The molecule has 0 saturated carbocycles. The molecule has 1 aliphatic rings. The van der Waals surface area contributed by atoms with Crippen molar-refractivity contribution in [2.24, 2.45) is 9.39 Å². The van der Waals surface area contributed by atoms with Gasteiger partial charge in [0.1, 0.15) is 33.8 Å². The summed E-state index contributed by atoms with van der Waals surface area (Å²) in [6.07, 6.45) is 5.84. The standard InChI is InChI=1S/C16H16F2N2OS2/c1-16(2,3)23(21)20-9-10-11(17)6-7-12(18)14(10)15-13(22)5-4-8-19-15/h4-9,15H,1-3H3/b20-9+. The van der Waals surface area contributed by atoms with E-state index in [4.69, 9.17) is 12.2 Å². The Hall–Kier alpha value is -1.44. The normalized spacial score (nSPS) is 19.6. The van der Waals surface area contributed by atoms with Gasteiger partial charge in [-0.05, 0) is 45.1 Å². The quantitative estimate of drug-likeness (QED) is 0.470. The summed E-state index contributed by atoms with van der Waals surface area (Å²) in [5.41, 5.74) is -0.0762. The predicted octanol–water partition coefficient (Wildman–Crippen LogP) is 3.90. The number of benzene rings is 1. The van der Waals surface area contributed by atoms with Crippen LogP contribution in [0, 0.1) is 11.6 Å². The second-order valence-electron chi connectivity index (χ2n) is 5.91. The van der Waals surface area contributed by atoms with Gasteiger partial charge >= 0.3 is 0 Å². The minimum Gasteiger partial charge on any atom is -0.591 e. The second-order valence-corrected chi connectivity index (χ2v) is 8.32. The summed E-state index contributed by atoms with van der Waals surface area (Å²) in [6.45, 7) is 5.23. The van der Waals surface area contributed by atoms with Crippen LogP contribution in [0.15, 0.2) is 33.7 Å². The molecule has 0 aromatic heterocycles. The number of hydrogen-bond donors (Lipinski definition) is 0. The molecule has 3 nitrogen and oxygen atoms in total. The summed E-state index contributed by atoms with van der Waals surface area (Å²) in [5.74, 6) is -1.29. The van der Waals surface area contributed by atoms with Gasteiger partial charge in [0.25, 0.3) is 0 Å². The SMILES string of the molecule is CC(C)(C)[S+]([O-])/N=C/c1c(F)ccc(F)c1C1N=CC=CC1=S. The Morgan fingerprint density at radius 1 is 1.30 bits per heavy atom. The fourth-order valence-corrected chi connectivity index (χ4v) is 2.68. The van der Waals surface area contributed by atoms with E-state index in [-0.39, 0.29) is 11.1 Å². The van der Waals surface area contributed by atoms with E-state index in [9.17, 15) is 13.3 Å². The average Bonchev–Trinajstić information content (AvgIpc) is 2.47. The third-order valence-corrected chi connectivity index (χ3v) is 4.81. The van der Waals surface area contributed by atoms with Crippen molar-refractivity contribution in [3.05, 3.63) is 47.0 Å². The molecule has 122 valence electrons. The smallest absolute Gasteiger partial charge is 0.144 e. The van der Waals surface area contributed by atoms with Crippen molar-refractivity contribution in [2.45, 2.75) is 31.6 Å². The van der Waals surface area contributed by atoms with Gasteiger partial charge in [0, 0.05) is 22.2 Å². The van der Waals surface area contributed by atoms with Crippen LogP contribution in [-0.2, 0) is 11.4 Å². The first-order valence-electron chi connectivity index (χ1n) is 6.89. The molecule has 1 aliphatic heterocycles. The Labute approximate surface area is 142 Å². The van der Waals surface area contributed by atoms with Crippen molar-refractivity contribution in [2.75, 3.05) is 0 Å². The largest absolute Gasteiger partial charge is 0.591 e. The van der Waals surface area contributed by atoms with Crippen LogP contribution in [0.2, 0.25) is 0 Å². The van der Waals surface area contributed by atoms with Crippen molar-refractivity contribution >= 4 is 40.9 Å². The molecule has 2 rings (SSSR count). The summed E-state index contributed by atoms with van der Waals surface area (Å²) >= 11 is 3.59. The van der Waals surface area contributed by atoms with Crippen molar-refractivity contribution in [1.82, 2.24) is 0 Å². The van der Waals surface area contributed by atoms with Crippen LogP contribution < -0.4 is 0 Å². The van der Waals surface area contributed by atoms with Crippen LogP contribution in [0.5, 0.6) is 0 Å². The highest BCUT2D eigenvalue weighted by Crippen LogP contribution is 2.29. The maximum Gasteiger partial charge on any atom is 0.144 e. The van der Waals surface area contributed by atoms with Crippen molar-refractivity contribution in [3.8, 4) is 0 Å². The molecule has 2 unspecified atom stereocenters. The Balaban J connectivity index is 2.49. The topological polar surface area (TPSA) is 47.8 Å². The van der Waals surface area contributed by atoms with Gasteiger partial charge < -0.3 is 4.55 Å². The number of aliphatic imine (C=N–C) groups is 1. The van der Waals surface area contributed by atoms with Gasteiger partial charge in [0.15, 0.2) is 0 Å². The highest BCUT2D eigenvalue weighted by atomic mass is 32.2. The van der Waals surface area contributed by atoms with Gasteiger partial charge in [0.2, 0.25) is 0 Å². The fraction of sp³-hybridized carbons (Fsp3) is 0.312. The molecule has 0 N–H and O–H groups in total. The van der Waals surface area contributed by atoms with Gasteiger partial charge in [0.05, 0.1) is 6.21 Å². The van der Waals surface area contributed by atoms with Crippen LogP contribution in [0.4, 0.5) is 8.78 Å². The molecule has 0 bridgehead atoms. The zero-order chi connectivity index (χ0) is 17.2. The molecule has 2 atom stereocenters. The molecule has 0 amide bonds. The maximum atomic E-state index is 14.3. The fourth-order valence-electron chi connectivity index (χ4n) is 1.91. The van der Waals surface area contributed by atoms with E-state index in [1.807, 2.05) is 0 Å². The van der Waals surface area contributed by atoms with E-state index >= 15 is 0 Å². The minimum absolute atomic E-state index is 0.00487. The van der Waals surface area contributed by atoms with Crippen molar-refractivity contribution in [3.63, 3.8) is 0 Å². The first kappa shape index (κ1) is 17.9. The molecule has 0 saturated heterocycles. The zero-order valence-corrected chi connectivity index (χ0v) is 14.5. The lowest BCUT2D eigenvalue weighted by molar-refractivity contribution is 0.561. The molecular formula is C16H16F2N2OS2. The first-order chi connectivity index (χ1) is 10.7. The first-order valence-corrected chi connectivity index (χ1v) is 8.41. The maximum absolute atomic E-state index is 14.3. The van der Waals surface area contributed by atoms with Crippen LogP contribution >= 0.6 is 12.2 Å². The molecule has 1 aromatic carbocycles. The molecule has 0 spiro atoms. The second kappa shape index (κ2) is 6.98. The Kier molecular flexibility index (Phi) is 5.44. The Morgan fingerprint density at radius 2 is 1.96 bits per heavy atom. The molecule has 1 aromatic rings. The molecule has 0 radical (unpaired) electrons. The van der Waals surface area contributed by atoms with E-state index in [1.165, 1.54) is 6.21 Å². The summed E-state index contributed by atoms with van der Waals surface area (Å²) < 4.78 is 43.8. The molecule has 0 aliphatic carbocycles.